The molecule has 0 saturated carbocycles. The van der Waals surface area contributed by atoms with E-state index in [0.29, 0.717) is 6.61 Å². The average molecular weight is 162 g/mol. The van der Waals surface area contributed by atoms with Crippen LogP contribution >= 0.6 is 0 Å². The molecule has 2 unspecified atom stereocenters. The first-order valence-corrected chi connectivity index (χ1v) is 3.51. The first-order valence-electron chi connectivity index (χ1n) is 3.51. The summed E-state index contributed by atoms with van der Waals surface area (Å²) < 4.78 is 9.29. The Kier molecular flexibility index (Phi) is 4.81. The van der Waals surface area contributed by atoms with Gasteiger partial charge in [-0.2, -0.15) is 0 Å². The fourth-order valence-electron chi connectivity index (χ4n) is 0.666. The van der Waals surface area contributed by atoms with Crippen molar-refractivity contribution in [2.24, 2.45) is 0 Å². The summed E-state index contributed by atoms with van der Waals surface area (Å²) in [6, 6.07) is 0. The summed E-state index contributed by atoms with van der Waals surface area (Å²) in [6.45, 7) is 3.88. The minimum atomic E-state index is -1.18. The molecular formula is C7H14O4. The van der Waals surface area contributed by atoms with Crippen molar-refractivity contribution < 1.29 is 19.4 Å². The smallest absolute Gasteiger partial charge is 0.337 e. The molecule has 0 aliphatic heterocycles. The van der Waals surface area contributed by atoms with Gasteiger partial charge in [-0.15, -0.1) is 0 Å². The molecule has 0 amide bonds. The zero-order valence-electron chi connectivity index (χ0n) is 7.03. The lowest BCUT2D eigenvalue weighted by molar-refractivity contribution is -0.158. The van der Waals surface area contributed by atoms with E-state index in [2.05, 4.69) is 4.74 Å². The quantitative estimate of drug-likeness (QED) is 0.589. The van der Waals surface area contributed by atoms with E-state index in [0.717, 1.165) is 0 Å². The van der Waals surface area contributed by atoms with Gasteiger partial charge in [-0.1, -0.05) is 0 Å². The van der Waals surface area contributed by atoms with Crippen LogP contribution in [0.15, 0.2) is 0 Å². The van der Waals surface area contributed by atoms with Gasteiger partial charge in [0.25, 0.3) is 0 Å². The molecule has 0 fully saturated rings. The maximum atomic E-state index is 10.7. The predicted octanol–water partition coefficient (Wildman–Crippen LogP) is -0.0547. The van der Waals surface area contributed by atoms with E-state index in [4.69, 9.17) is 9.84 Å². The number of rotatable bonds is 4. The Labute approximate surface area is 66.1 Å². The predicted molar refractivity (Wildman–Crippen MR) is 39.1 cm³/mol. The second-order valence-corrected chi connectivity index (χ2v) is 2.13. The minimum absolute atomic E-state index is 0.467. The van der Waals surface area contributed by atoms with Gasteiger partial charge >= 0.3 is 5.97 Å². The highest BCUT2D eigenvalue weighted by Crippen LogP contribution is 1.99. The van der Waals surface area contributed by atoms with Crippen LogP contribution in [0.25, 0.3) is 0 Å². The van der Waals surface area contributed by atoms with Crippen LogP contribution in [0.1, 0.15) is 13.8 Å². The molecule has 0 aliphatic rings. The molecule has 0 heterocycles. The molecule has 4 nitrogen and oxygen atoms in total. The molecule has 1 N–H and O–H groups in total. The largest absolute Gasteiger partial charge is 0.467 e. The lowest BCUT2D eigenvalue weighted by Gasteiger charge is -2.15. The maximum Gasteiger partial charge on any atom is 0.337 e. The van der Waals surface area contributed by atoms with E-state index in [1.807, 2.05) is 0 Å². The minimum Gasteiger partial charge on any atom is -0.467 e. The van der Waals surface area contributed by atoms with Gasteiger partial charge in [0, 0.05) is 6.61 Å². The number of carbonyl (C=O) groups excluding carboxylic acids is 1. The van der Waals surface area contributed by atoms with Crippen LogP contribution in [0.5, 0.6) is 0 Å². The lowest BCUT2D eigenvalue weighted by atomic mass is 10.2. The third-order valence-corrected chi connectivity index (χ3v) is 1.32. The Morgan fingerprint density at radius 1 is 1.64 bits per heavy atom. The molecule has 0 saturated heterocycles. The first-order chi connectivity index (χ1) is 5.13. The van der Waals surface area contributed by atoms with Crippen LogP contribution in [0.4, 0.5) is 0 Å². The van der Waals surface area contributed by atoms with E-state index in [1.165, 1.54) is 7.11 Å². The summed E-state index contributed by atoms with van der Waals surface area (Å²) in [5.41, 5.74) is 0. The van der Waals surface area contributed by atoms with Crippen LogP contribution in [0.3, 0.4) is 0 Å². The molecule has 0 aromatic rings. The van der Waals surface area contributed by atoms with Crippen molar-refractivity contribution in [3.05, 3.63) is 0 Å². The number of hydrogen-bond acceptors (Lipinski definition) is 4. The number of carbonyl (C=O) groups is 1. The average Bonchev–Trinajstić information content (AvgIpc) is 2.02. The zero-order valence-corrected chi connectivity index (χ0v) is 7.03. The summed E-state index contributed by atoms with van der Waals surface area (Å²) in [4.78, 5) is 10.7. The monoisotopic (exact) mass is 162 g/mol. The van der Waals surface area contributed by atoms with Crippen molar-refractivity contribution in [2.75, 3.05) is 13.7 Å². The van der Waals surface area contributed by atoms with Gasteiger partial charge in [-0.05, 0) is 13.8 Å². The van der Waals surface area contributed by atoms with Crippen molar-refractivity contribution >= 4 is 5.97 Å². The SMILES string of the molecule is CCOC(C)C(O)C(=O)OC. The van der Waals surface area contributed by atoms with Gasteiger partial charge in [0.15, 0.2) is 6.10 Å². The Hall–Kier alpha value is -0.610. The standard InChI is InChI=1S/C7H14O4/c1-4-11-5(2)6(8)7(9)10-3/h5-6,8H,4H2,1-3H3. The van der Waals surface area contributed by atoms with E-state index in [-0.39, 0.29) is 0 Å². The Bertz CT molecular complexity index is 124. The fourth-order valence-corrected chi connectivity index (χ4v) is 0.666. The topological polar surface area (TPSA) is 55.8 Å². The molecule has 0 spiro atoms. The molecule has 0 bridgehead atoms. The maximum absolute atomic E-state index is 10.7. The highest BCUT2D eigenvalue weighted by atomic mass is 16.5. The lowest BCUT2D eigenvalue weighted by Crippen LogP contribution is -2.34. The molecule has 0 radical (unpaired) electrons. The van der Waals surface area contributed by atoms with Crippen molar-refractivity contribution in [1.82, 2.24) is 0 Å². The zero-order chi connectivity index (χ0) is 8.85. The van der Waals surface area contributed by atoms with Crippen LogP contribution in [0.2, 0.25) is 0 Å². The normalized spacial score (nSPS) is 15.6. The third kappa shape index (κ3) is 3.34. The van der Waals surface area contributed by atoms with E-state index in [1.54, 1.807) is 13.8 Å². The summed E-state index contributed by atoms with van der Waals surface area (Å²) >= 11 is 0. The van der Waals surface area contributed by atoms with Crippen molar-refractivity contribution in [3.63, 3.8) is 0 Å². The van der Waals surface area contributed by atoms with Crippen LogP contribution in [-0.4, -0.2) is 37.0 Å². The molecule has 0 rings (SSSR count). The summed E-state index contributed by atoms with van der Waals surface area (Å²) in [5.74, 6) is -0.661. The van der Waals surface area contributed by atoms with Crippen LogP contribution in [0, 0.1) is 0 Å². The number of esters is 1. The third-order valence-electron chi connectivity index (χ3n) is 1.32. The van der Waals surface area contributed by atoms with Gasteiger partial charge < -0.3 is 14.6 Å². The van der Waals surface area contributed by atoms with Gasteiger partial charge in [0.1, 0.15) is 0 Å². The van der Waals surface area contributed by atoms with Gasteiger partial charge in [0.2, 0.25) is 0 Å². The second kappa shape index (κ2) is 5.09. The summed E-state index contributed by atoms with van der Waals surface area (Å²) in [7, 11) is 1.23. The van der Waals surface area contributed by atoms with Crippen molar-refractivity contribution in [3.8, 4) is 0 Å². The summed E-state index contributed by atoms with van der Waals surface area (Å²) in [5, 5.41) is 9.12. The van der Waals surface area contributed by atoms with E-state index < -0.39 is 18.2 Å². The van der Waals surface area contributed by atoms with Crippen LogP contribution in [-0.2, 0) is 14.3 Å². The Morgan fingerprint density at radius 2 is 2.18 bits per heavy atom. The summed E-state index contributed by atoms with van der Waals surface area (Å²) in [6.07, 6.45) is -1.69. The number of aliphatic hydroxyl groups is 1. The Balaban J connectivity index is 3.80. The molecule has 0 aromatic carbocycles. The molecule has 0 aromatic heterocycles. The number of aliphatic hydroxyl groups excluding tert-OH is 1. The van der Waals surface area contributed by atoms with E-state index in [9.17, 15) is 4.79 Å². The molecule has 0 aliphatic carbocycles. The fraction of sp³-hybridized carbons (Fsp3) is 0.857. The molecule has 4 heteroatoms. The van der Waals surface area contributed by atoms with Gasteiger partial charge in [0.05, 0.1) is 13.2 Å². The van der Waals surface area contributed by atoms with Crippen molar-refractivity contribution in [1.29, 1.82) is 0 Å². The van der Waals surface area contributed by atoms with Crippen LogP contribution < -0.4 is 0 Å². The van der Waals surface area contributed by atoms with Gasteiger partial charge in [-0.3, -0.25) is 0 Å². The molecule has 2 atom stereocenters. The highest BCUT2D eigenvalue weighted by Gasteiger charge is 2.22. The number of methoxy groups -OCH3 is 1. The van der Waals surface area contributed by atoms with E-state index >= 15 is 0 Å². The van der Waals surface area contributed by atoms with Crippen molar-refractivity contribution in [2.45, 2.75) is 26.1 Å². The second-order valence-electron chi connectivity index (χ2n) is 2.13. The number of hydrogen-bond donors (Lipinski definition) is 1. The number of ether oxygens (including phenoxy) is 2. The molecule has 66 valence electrons. The molecule has 11 heavy (non-hydrogen) atoms. The molecular weight excluding hydrogens is 148 g/mol. The van der Waals surface area contributed by atoms with Gasteiger partial charge in [-0.25, -0.2) is 4.79 Å². The first kappa shape index (κ1) is 10.4. The Morgan fingerprint density at radius 3 is 2.55 bits per heavy atom. The highest BCUT2D eigenvalue weighted by molar-refractivity contribution is 5.74.